The highest BCUT2D eigenvalue weighted by atomic mass is 35.5. The van der Waals surface area contributed by atoms with Crippen molar-refractivity contribution in [3.63, 3.8) is 0 Å². The third-order valence-electron chi connectivity index (χ3n) is 2.19. The highest BCUT2D eigenvalue weighted by molar-refractivity contribution is 7.14. The zero-order chi connectivity index (χ0) is 10.3. The van der Waals surface area contributed by atoms with Crippen LogP contribution in [0.5, 0.6) is 0 Å². The van der Waals surface area contributed by atoms with Gasteiger partial charge in [0.1, 0.15) is 5.54 Å². The molecule has 4 nitrogen and oxygen atoms in total. The summed E-state index contributed by atoms with van der Waals surface area (Å²) in [4.78, 5) is 22.5. The van der Waals surface area contributed by atoms with Gasteiger partial charge in [-0.2, -0.15) is 0 Å². The van der Waals surface area contributed by atoms with Crippen LogP contribution in [0, 0.1) is 0 Å². The van der Waals surface area contributed by atoms with Gasteiger partial charge in [0.05, 0.1) is 4.34 Å². The van der Waals surface area contributed by atoms with Crippen molar-refractivity contribution in [2.45, 2.75) is 12.5 Å². The Morgan fingerprint density at radius 1 is 1.50 bits per heavy atom. The fourth-order valence-corrected chi connectivity index (χ4v) is 2.31. The van der Waals surface area contributed by atoms with Gasteiger partial charge in [-0.3, -0.25) is 10.1 Å². The molecule has 14 heavy (non-hydrogen) atoms. The number of carbonyl (C=O) groups excluding carboxylic acids is 2. The predicted molar refractivity (Wildman–Crippen MR) is 53.4 cm³/mol. The molecule has 1 fully saturated rings. The molecule has 1 saturated heterocycles. The SMILES string of the molecule is CC1(c2csc(Cl)c2)NC(=O)NC1=O. The summed E-state index contributed by atoms with van der Waals surface area (Å²) in [7, 11) is 0. The molecule has 1 atom stereocenters. The van der Waals surface area contributed by atoms with Crippen LogP contribution in [0.1, 0.15) is 12.5 Å². The molecule has 1 unspecified atom stereocenters. The number of imide groups is 1. The number of hydrogen-bond acceptors (Lipinski definition) is 3. The summed E-state index contributed by atoms with van der Waals surface area (Å²) in [6, 6.07) is 1.21. The van der Waals surface area contributed by atoms with E-state index in [9.17, 15) is 9.59 Å². The number of nitrogens with one attached hydrogen (secondary N) is 2. The normalized spacial score (nSPS) is 26.1. The summed E-state index contributed by atoms with van der Waals surface area (Å²) in [5.41, 5.74) is -0.281. The second kappa shape index (κ2) is 2.96. The Labute approximate surface area is 89.3 Å². The third-order valence-corrected chi connectivity index (χ3v) is 3.28. The first-order valence-electron chi connectivity index (χ1n) is 3.90. The lowest BCUT2D eigenvalue weighted by Crippen LogP contribution is -2.40. The molecule has 1 aromatic heterocycles. The molecule has 0 bridgehead atoms. The Bertz CT molecular complexity index is 417. The number of halogens is 1. The number of urea groups is 1. The average Bonchev–Trinajstić information content (AvgIpc) is 2.59. The van der Waals surface area contributed by atoms with E-state index in [0.717, 1.165) is 0 Å². The summed E-state index contributed by atoms with van der Waals surface area (Å²) < 4.78 is 0.593. The van der Waals surface area contributed by atoms with Crippen LogP contribution in [0.4, 0.5) is 4.79 Å². The topological polar surface area (TPSA) is 58.2 Å². The van der Waals surface area contributed by atoms with E-state index in [0.29, 0.717) is 9.90 Å². The molecule has 0 aliphatic carbocycles. The zero-order valence-corrected chi connectivity index (χ0v) is 8.83. The van der Waals surface area contributed by atoms with E-state index in [-0.39, 0.29) is 5.91 Å². The van der Waals surface area contributed by atoms with E-state index >= 15 is 0 Å². The minimum absolute atomic E-state index is 0.350. The van der Waals surface area contributed by atoms with Crippen LogP contribution in [0.2, 0.25) is 4.34 Å². The van der Waals surface area contributed by atoms with Crippen molar-refractivity contribution < 1.29 is 9.59 Å². The summed E-state index contributed by atoms with van der Waals surface area (Å²) in [6.45, 7) is 1.64. The van der Waals surface area contributed by atoms with Crippen LogP contribution in [0.25, 0.3) is 0 Å². The van der Waals surface area contributed by atoms with E-state index in [1.807, 2.05) is 0 Å². The zero-order valence-electron chi connectivity index (χ0n) is 7.26. The van der Waals surface area contributed by atoms with Gasteiger partial charge in [-0.25, -0.2) is 4.79 Å². The molecule has 0 spiro atoms. The van der Waals surface area contributed by atoms with Gasteiger partial charge in [0, 0.05) is 0 Å². The first-order valence-corrected chi connectivity index (χ1v) is 5.16. The van der Waals surface area contributed by atoms with Crippen molar-refractivity contribution in [2.75, 3.05) is 0 Å². The minimum atomic E-state index is -0.985. The summed E-state index contributed by atoms with van der Waals surface area (Å²) in [5, 5.41) is 6.50. The van der Waals surface area contributed by atoms with Crippen LogP contribution < -0.4 is 10.6 Å². The van der Waals surface area contributed by atoms with Crippen molar-refractivity contribution in [3.8, 4) is 0 Å². The van der Waals surface area contributed by atoms with Gasteiger partial charge in [0.15, 0.2) is 0 Å². The van der Waals surface area contributed by atoms with Gasteiger partial charge >= 0.3 is 6.03 Å². The molecule has 2 N–H and O–H groups in total. The Balaban J connectivity index is 2.42. The molecule has 1 aliphatic rings. The Morgan fingerprint density at radius 3 is 2.64 bits per heavy atom. The van der Waals surface area contributed by atoms with Crippen LogP contribution in [0.15, 0.2) is 11.4 Å². The van der Waals surface area contributed by atoms with Crippen molar-refractivity contribution in [1.82, 2.24) is 10.6 Å². The van der Waals surface area contributed by atoms with E-state index < -0.39 is 11.6 Å². The molecule has 74 valence electrons. The Kier molecular flexibility index (Phi) is 2.01. The monoisotopic (exact) mass is 230 g/mol. The average molecular weight is 231 g/mol. The van der Waals surface area contributed by atoms with Gasteiger partial charge in [0.2, 0.25) is 0 Å². The third kappa shape index (κ3) is 1.29. The van der Waals surface area contributed by atoms with E-state index in [1.165, 1.54) is 11.3 Å². The molecule has 0 aromatic carbocycles. The molecule has 2 heterocycles. The van der Waals surface area contributed by atoms with Gasteiger partial charge < -0.3 is 5.32 Å². The maximum Gasteiger partial charge on any atom is 0.322 e. The van der Waals surface area contributed by atoms with Gasteiger partial charge in [0.25, 0.3) is 5.91 Å². The van der Waals surface area contributed by atoms with E-state index in [1.54, 1.807) is 18.4 Å². The quantitative estimate of drug-likeness (QED) is 0.718. The largest absolute Gasteiger partial charge is 0.322 e. The molecular formula is C8H7ClN2O2S. The van der Waals surface area contributed by atoms with Crippen molar-refractivity contribution in [1.29, 1.82) is 0 Å². The van der Waals surface area contributed by atoms with E-state index in [4.69, 9.17) is 11.6 Å². The van der Waals surface area contributed by atoms with Crippen LogP contribution >= 0.6 is 22.9 Å². The first-order chi connectivity index (χ1) is 6.52. The molecule has 1 aliphatic heterocycles. The number of carbonyl (C=O) groups is 2. The highest BCUT2D eigenvalue weighted by Gasteiger charge is 2.43. The molecular weight excluding hydrogens is 224 g/mol. The number of amides is 3. The predicted octanol–water partition coefficient (Wildman–Crippen LogP) is 1.46. The molecule has 1 aromatic rings. The van der Waals surface area contributed by atoms with Crippen LogP contribution in [-0.4, -0.2) is 11.9 Å². The molecule has 0 saturated carbocycles. The summed E-state index contributed by atoms with van der Waals surface area (Å²) >= 11 is 7.09. The molecule has 6 heteroatoms. The second-order valence-electron chi connectivity index (χ2n) is 3.17. The minimum Gasteiger partial charge on any atom is -0.320 e. The number of hydrogen-bond donors (Lipinski definition) is 2. The fourth-order valence-electron chi connectivity index (χ4n) is 1.32. The maximum absolute atomic E-state index is 11.5. The Hall–Kier alpha value is -1.07. The smallest absolute Gasteiger partial charge is 0.320 e. The lowest BCUT2D eigenvalue weighted by atomic mass is 9.95. The lowest BCUT2D eigenvalue weighted by Gasteiger charge is -2.18. The maximum atomic E-state index is 11.5. The Morgan fingerprint density at radius 2 is 2.21 bits per heavy atom. The first kappa shape index (κ1) is 9.48. The van der Waals surface area contributed by atoms with Gasteiger partial charge in [-0.1, -0.05) is 11.6 Å². The van der Waals surface area contributed by atoms with E-state index in [2.05, 4.69) is 10.6 Å². The van der Waals surface area contributed by atoms with Crippen molar-refractivity contribution in [3.05, 3.63) is 21.3 Å². The fraction of sp³-hybridized carbons (Fsp3) is 0.250. The molecule has 2 rings (SSSR count). The summed E-state index contributed by atoms with van der Waals surface area (Å²) in [6.07, 6.45) is 0. The van der Waals surface area contributed by atoms with Gasteiger partial charge in [-0.05, 0) is 23.9 Å². The lowest BCUT2D eigenvalue weighted by molar-refractivity contribution is -0.123. The highest BCUT2D eigenvalue weighted by Crippen LogP contribution is 2.30. The van der Waals surface area contributed by atoms with Crippen molar-refractivity contribution >= 4 is 34.9 Å². The standard InChI is InChI=1S/C8H7ClN2O2S/c1-8(4-2-5(9)14-3-4)6(12)10-7(13)11-8/h2-3H,1H3,(H2,10,11,12,13). The molecule has 3 amide bonds. The second-order valence-corrected chi connectivity index (χ2v) is 4.72. The van der Waals surface area contributed by atoms with Crippen molar-refractivity contribution in [2.24, 2.45) is 0 Å². The molecule has 0 radical (unpaired) electrons. The number of rotatable bonds is 1. The number of thiophene rings is 1. The van der Waals surface area contributed by atoms with Crippen LogP contribution in [-0.2, 0) is 10.3 Å². The van der Waals surface area contributed by atoms with Crippen LogP contribution in [0.3, 0.4) is 0 Å². The summed E-state index contributed by atoms with van der Waals surface area (Å²) in [5.74, 6) is -0.350. The van der Waals surface area contributed by atoms with Gasteiger partial charge in [-0.15, -0.1) is 11.3 Å².